The van der Waals surface area contributed by atoms with Crippen LogP contribution in [0.5, 0.6) is 0 Å². The van der Waals surface area contributed by atoms with E-state index in [2.05, 4.69) is 193 Å². The molecule has 268 valence electrons. The van der Waals surface area contributed by atoms with Crippen molar-refractivity contribution in [3.63, 3.8) is 0 Å². The lowest BCUT2D eigenvalue weighted by atomic mass is 9.99. The van der Waals surface area contributed by atoms with E-state index in [1.54, 1.807) is 0 Å². The van der Waals surface area contributed by atoms with Gasteiger partial charge in [-0.2, -0.15) is 0 Å². The highest BCUT2D eigenvalue weighted by Crippen LogP contribution is 2.41. The second-order valence-corrected chi connectivity index (χ2v) is 14.5. The van der Waals surface area contributed by atoms with Crippen LogP contribution in [-0.2, 0) is 0 Å². The highest BCUT2D eigenvalue weighted by Gasteiger charge is 2.17. The van der Waals surface area contributed by atoms with Crippen LogP contribution in [0.4, 0.5) is 17.1 Å². The molecule has 0 aliphatic rings. The van der Waals surface area contributed by atoms with E-state index in [4.69, 9.17) is 8.83 Å². The van der Waals surface area contributed by atoms with Gasteiger partial charge in [-0.15, -0.1) is 0 Å². The van der Waals surface area contributed by atoms with E-state index in [0.717, 1.165) is 83.2 Å². The molecule has 0 spiro atoms. The molecule has 11 aromatic rings. The topological polar surface area (TPSA) is 29.5 Å². The molecule has 57 heavy (non-hydrogen) atoms. The molecule has 0 saturated carbocycles. The Morgan fingerprint density at radius 1 is 0.228 bits per heavy atom. The zero-order valence-corrected chi connectivity index (χ0v) is 31.0. The van der Waals surface area contributed by atoms with Crippen LogP contribution in [0.3, 0.4) is 0 Å². The largest absolute Gasteiger partial charge is 0.456 e. The molecule has 3 nitrogen and oxygen atoms in total. The van der Waals surface area contributed by atoms with Crippen molar-refractivity contribution >= 4 is 60.9 Å². The average molecular weight is 730 g/mol. The Morgan fingerprint density at radius 2 is 0.596 bits per heavy atom. The van der Waals surface area contributed by atoms with Gasteiger partial charge in [0.25, 0.3) is 0 Å². The Morgan fingerprint density at radius 3 is 1.11 bits per heavy atom. The summed E-state index contributed by atoms with van der Waals surface area (Å²) in [6.07, 6.45) is 0. The van der Waals surface area contributed by atoms with Crippen molar-refractivity contribution in [2.45, 2.75) is 0 Å². The summed E-state index contributed by atoms with van der Waals surface area (Å²) in [5.41, 5.74) is 16.1. The molecule has 9 aromatic carbocycles. The lowest BCUT2D eigenvalue weighted by Crippen LogP contribution is -2.10. The summed E-state index contributed by atoms with van der Waals surface area (Å²) >= 11 is 0. The first-order valence-corrected chi connectivity index (χ1v) is 19.3. The first-order valence-electron chi connectivity index (χ1n) is 19.3. The van der Waals surface area contributed by atoms with Crippen molar-refractivity contribution in [1.82, 2.24) is 0 Å². The maximum absolute atomic E-state index is 6.16. The van der Waals surface area contributed by atoms with E-state index in [-0.39, 0.29) is 0 Å². The second-order valence-electron chi connectivity index (χ2n) is 14.5. The summed E-state index contributed by atoms with van der Waals surface area (Å²) in [7, 11) is 0. The van der Waals surface area contributed by atoms with Crippen LogP contribution in [0, 0.1) is 0 Å². The molecule has 2 heterocycles. The van der Waals surface area contributed by atoms with E-state index in [1.807, 2.05) is 24.3 Å². The van der Waals surface area contributed by atoms with Gasteiger partial charge >= 0.3 is 0 Å². The van der Waals surface area contributed by atoms with E-state index in [1.165, 1.54) is 22.3 Å². The lowest BCUT2D eigenvalue weighted by molar-refractivity contribution is 0.668. The first kappa shape index (κ1) is 32.8. The number of fused-ring (bicyclic) bond motifs is 6. The third-order valence-corrected chi connectivity index (χ3v) is 11.1. The minimum absolute atomic E-state index is 0.894. The van der Waals surface area contributed by atoms with Gasteiger partial charge in [0.2, 0.25) is 0 Å². The molecule has 0 radical (unpaired) electrons. The van der Waals surface area contributed by atoms with Gasteiger partial charge in [-0.3, -0.25) is 0 Å². The standard InChI is InChI=1S/C54H35NO2/c1-2-10-36(11-3-1)37-20-22-38(23-21-37)39-24-28-44(29-25-39)55(45-14-8-12-40(32-45)42-26-30-53-49(34-42)47-16-4-6-18-51(47)56-53)46-15-9-13-41(33-46)43-27-31-54-50(35-43)48-17-5-7-19-52(48)57-54/h1-35H. The number of nitrogens with zero attached hydrogens (tertiary/aromatic N) is 1. The van der Waals surface area contributed by atoms with Gasteiger partial charge in [0.15, 0.2) is 0 Å². The van der Waals surface area contributed by atoms with Crippen molar-refractivity contribution in [2.75, 3.05) is 4.90 Å². The van der Waals surface area contributed by atoms with Crippen LogP contribution in [0.1, 0.15) is 0 Å². The minimum Gasteiger partial charge on any atom is -0.456 e. The van der Waals surface area contributed by atoms with Gasteiger partial charge in [-0.1, -0.05) is 140 Å². The van der Waals surface area contributed by atoms with Crippen molar-refractivity contribution in [2.24, 2.45) is 0 Å². The van der Waals surface area contributed by atoms with Gasteiger partial charge in [-0.05, 0) is 117 Å². The number of para-hydroxylation sites is 2. The number of hydrogen-bond donors (Lipinski definition) is 0. The van der Waals surface area contributed by atoms with Gasteiger partial charge < -0.3 is 13.7 Å². The maximum Gasteiger partial charge on any atom is 0.135 e. The number of anilines is 3. The molecular weight excluding hydrogens is 695 g/mol. The molecular formula is C54H35NO2. The summed E-state index contributed by atoms with van der Waals surface area (Å²) in [5.74, 6) is 0. The van der Waals surface area contributed by atoms with Crippen molar-refractivity contribution in [1.29, 1.82) is 0 Å². The molecule has 0 unspecified atom stereocenters. The quantitative estimate of drug-likeness (QED) is 0.164. The zero-order chi connectivity index (χ0) is 37.7. The highest BCUT2D eigenvalue weighted by molar-refractivity contribution is 6.07. The van der Waals surface area contributed by atoms with Crippen LogP contribution in [-0.4, -0.2) is 0 Å². The molecule has 0 aliphatic carbocycles. The Balaban J connectivity index is 1.01. The Kier molecular flexibility index (Phi) is 7.82. The molecule has 0 atom stereocenters. The summed E-state index contributed by atoms with van der Waals surface area (Å²) in [5, 5.41) is 4.49. The average Bonchev–Trinajstić information content (AvgIpc) is 3.85. The second kappa shape index (κ2) is 13.6. The lowest BCUT2D eigenvalue weighted by Gasteiger charge is -2.27. The molecule has 0 bridgehead atoms. The molecule has 11 rings (SSSR count). The van der Waals surface area contributed by atoms with Crippen molar-refractivity contribution in [3.8, 4) is 44.5 Å². The predicted octanol–water partition coefficient (Wildman–Crippen LogP) is 15.6. The van der Waals surface area contributed by atoms with E-state index >= 15 is 0 Å². The van der Waals surface area contributed by atoms with Crippen LogP contribution in [0.25, 0.3) is 88.4 Å². The number of hydrogen-bond acceptors (Lipinski definition) is 3. The normalized spacial score (nSPS) is 11.5. The molecule has 0 saturated heterocycles. The highest BCUT2D eigenvalue weighted by atomic mass is 16.3. The van der Waals surface area contributed by atoms with Crippen LogP contribution in [0.15, 0.2) is 221 Å². The van der Waals surface area contributed by atoms with Crippen LogP contribution in [0.2, 0.25) is 0 Å². The van der Waals surface area contributed by atoms with E-state index in [0.29, 0.717) is 0 Å². The van der Waals surface area contributed by atoms with Gasteiger partial charge in [-0.25, -0.2) is 0 Å². The maximum atomic E-state index is 6.16. The van der Waals surface area contributed by atoms with Gasteiger partial charge in [0.05, 0.1) is 0 Å². The summed E-state index contributed by atoms with van der Waals surface area (Å²) in [6, 6.07) is 75.4. The predicted molar refractivity (Wildman–Crippen MR) is 237 cm³/mol. The Hall–Kier alpha value is -7.62. The Bertz CT molecular complexity index is 3070. The smallest absolute Gasteiger partial charge is 0.135 e. The van der Waals surface area contributed by atoms with Gasteiger partial charge in [0.1, 0.15) is 22.3 Å². The van der Waals surface area contributed by atoms with Crippen LogP contribution < -0.4 is 4.90 Å². The third-order valence-electron chi connectivity index (χ3n) is 11.1. The fraction of sp³-hybridized carbons (Fsp3) is 0. The van der Waals surface area contributed by atoms with Crippen LogP contribution >= 0.6 is 0 Å². The minimum atomic E-state index is 0.894. The van der Waals surface area contributed by atoms with E-state index in [9.17, 15) is 0 Å². The zero-order valence-electron chi connectivity index (χ0n) is 31.0. The molecule has 0 fully saturated rings. The fourth-order valence-electron chi connectivity index (χ4n) is 8.20. The van der Waals surface area contributed by atoms with Crippen molar-refractivity contribution in [3.05, 3.63) is 212 Å². The molecule has 0 amide bonds. The van der Waals surface area contributed by atoms with Gasteiger partial charge in [0, 0.05) is 38.6 Å². The molecule has 3 heteroatoms. The van der Waals surface area contributed by atoms with Crippen molar-refractivity contribution < 1.29 is 8.83 Å². The fourth-order valence-corrected chi connectivity index (χ4v) is 8.20. The third kappa shape index (κ3) is 5.94. The first-order chi connectivity index (χ1) is 28.2. The van der Waals surface area contributed by atoms with E-state index < -0.39 is 0 Å². The number of furan rings is 2. The molecule has 2 aromatic heterocycles. The monoisotopic (exact) mass is 729 g/mol. The number of rotatable bonds is 7. The summed E-state index contributed by atoms with van der Waals surface area (Å²) < 4.78 is 12.3. The molecule has 0 aliphatic heterocycles. The summed E-state index contributed by atoms with van der Waals surface area (Å²) in [6.45, 7) is 0. The SMILES string of the molecule is c1ccc(-c2ccc(-c3ccc(N(c4cccc(-c5ccc6oc7ccccc7c6c5)c4)c4cccc(-c5ccc6oc7ccccc7c6c5)c4)cc3)cc2)cc1. The Labute approximate surface area is 330 Å². The number of benzene rings is 9. The summed E-state index contributed by atoms with van der Waals surface area (Å²) in [4.78, 5) is 2.35. The molecule has 0 N–H and O–H groups in total.